The van der Waals surface area contributed by atoms with E-state index in [4.69, 9.17) is 4.74 Å². The molecule has 2 atom stereocenters. The van der Waals surface area contributed by atoms with Gasteiger partial charge in [0.1, 0.15) is 11.6 Å². The molecule has 0 spiro atoms. The summed E-state index contributed by atoms with van der Waals surface area (Å²) in [5.41, 5.74) is 0.918. The molecule has 7 heteroatoms. The van der Waals surface area contributed by atoms with Crippen molar-refractivity contribution in [1.82, 2.24) is 14.7 Å². The molecule has 2 unspecified atom stereocenters. The Kier molecular flexibility index (Phi) is 5.68. The summed E-state index contributed by atoms with van der Waals surface area (Å²) in [5, 5.41) is 7.20. The Hall–Kier alpha value is -2.25. The fourth-order valence-corrected chi connectivity index (χ4v) is 3.12. The summed E-state index contributed by atoms with van der Waals surface area (Å²) in [6.45, 7) is 7.71. The van der Waals surface area contributed by atoms with Gasteiger partial charge in [-0.2, -0.15) is 5.10 Å². The monoisotopic (exact) mass is 360 g/mol. The highest BCUT2D eigenvalue weighted by Crippen LogP contribution is 2.24. The van der Waals surface area contributed by atoms with Gasteiger partial charge >= 0.3 is 0 Å². The summed E-state index contributed by atoms with van der Waals surface area (Å²) in [5.74, 6) is 0.350. The van der Waals surface area contributed by atoms with Gasteiger partial charge in [-0.05, 0) is 38.5 Å². The number of aromatic nitrogens is 2. The van der Waals surface area contributed by atoms with Gasteiger partial charge in [0.2, 0.25) is 5.91 Å². The van der Waals surface area contributed by atoms with Crippen molar-refractivity contribution in [2.75, 3.05) is 25.0 Å². The first-order chi connectivity index (χ1) is 12.5. The largest absolute Gasteiger partial charge is 0.371 e. The highest BCUT2D eigenvalue weighted by Gasteiger charge is 2.29. The normalized spacial score (nSPS) is 19.5. The van der Waals surface area contributed by atoms with Gasteiger partial charge in [-0.3, -0.25) is 9.69 Å². The zero-order valence-corrected chi connectivity index (χ0v) is 15.4. The number of hydrogen-bond acceptors (Lipinski definition) is 4. The van der Waals surface area contributed by atoms with E-state index in [1.54, 1.807) is 29.1 Å². The molecular formula is C19H25FN4O2. The highest BCUT2D eigenvalue weighted by atomic mass is 19.1. The zero-order chi connectivity index (χ0) is 18.7. The Morgan fingerprint density at radius 1 is 1.27 bits per heavy atom. The summed E-state index contributed by atoms with van der Waals surface area (Å²) < 4.78 is 20.7. The lowest BCUT2D eigenvalue weighted by molar-refractivity contribution is -0.124. The van der Waals surface area contributed by atoms with E-state index in [0.717, 1.165) is 5.56 Å². The van der Waals surface area contributed by atoms with E-state index < -0.39 is 0 Å². The molecule has 1 N–H and O–H groups in total. The Balaban J connectivity index is 1.64. The van der Waals surface area contributed by atoms with E-state index >= 15 is 0 Å². The number of hydrogen-bond donors (Lipinski definition) is 1. The van der Waals surface area contributed by atoms with Crippen molar-refractivity contribution in [2.24, 2.45) is 0 Å². The van der Waals surface area contributed by atoms with Crippen molar-refractivity contribution in [3.63, 3.8) is 0 Å². The smallest absolute Gasteiger partial charge is 0.242 e. The highest BCUT2D eigenvalue weighted by molar-refractivity contribution is 5.93. The maximum Gasteiger partial charge on any atom is 0.242 e. The average molecular weight is 360 g/mol. The van der Waals surface area contributed by atoms with Crippen LogP contribution in [0.2, 0.25) is 0 Å². The lowest BCUT2D eigenvalue weighted by Crippen LogP contribution is -2.48. The van der Waals surface area contributed by atoms with Gasteiger partial charge in [0.05, 0.1) is 24.9 Å². The number of carbonyl (C=O) groups is 1. The molecular weight excluding hydrogens is 335 g/mol. The van der Waals surface area contributed by atoms with Crippen LogP contribution in [0.15, 0.2) is 36.5 Å². The molecule has 0 saturated carbocycles. The topological polar surface area (TPSA) is 59.4 Å². The van der Waals surface area contributed by atoms with Gasteiger partial charge in [-0.25, -0.2) is 9.07 Å². The van der Waals surface area contributed by atoms with Crippen LogP contribution in [-0.2, 0) is 9.53 Å². The Morgan fingerprint density at radius 3 is 2.69 bits per heavy atom. The van der Waals surface area contributed by atoms with Crippen molar-refractivity contribution in [1.29, 1.82) is 0 Å². The SMILES string of the molecule is CC(C(=O)Nc1ccnn1C(C)C)N1CCOC(c2ccc(F)cc2)C1. The lowest BCUT2D eigenvalue weighted by Gasteiger charge is -2.36. The summed E-state index contributed by atoms with van der Waals surface area (Å²) in [4.78, 5) is 14.8. The van der Waals surface area contributed by atoms with Crippen molar-refractivity contribution in [2.45, 2.75) is 39.0 Å². The van der Waals surface area contributed by atoms with Gasteiger partial charge < -0.3 is 10.1 Å². The molecule has 2 aromatic rings. The second-order valence-corrected chi connectivity index (χ2v) is 6.83. The van der Waals surface area contributed by atoms with Crippen LogP contribution in [0, 0.1) is 5.82 Å². The maximum absolute atomic E-state index is 13.1. The van der Waals surface area contributed by atoms with Crippen LogP contribution < -0.4 is 5.32 Å². The number of morpholine rings is 1. The third kappa shape index (κ3) is 4.11. The Bertz CT molecular complexity index is 744. The molecule has 0 bridgehead atoms. The lowest BCUT2D eigenvalue weighted by atomic mass is 10.1. The molecule has 3 rings (SSSR count). The summed E-state index contributed by atoms with van der Waals surface area (Å²) in [6.07, 6.45) is 1.51. The Morgan fingerprint density at radius 2 is 2.00 bits per heavy atom. The first kappa shape index (κ1) is 18.5. The number of nitrogens with zero attached hydrogens (tertiary/aromatic N) is 3. The zero-order valence-electron chi connectivity index (χ0n) is 15.4. The number of amides is 1. The predicted octanol–water partition coefficient (Wildman–Crippen LogP) is 3.00. The molecule has 2 heterocycles. The van der Waals surface area contributed by atoms with Crippen molar-refractivity contribution in [3.05, 3.63) is 47.9 Å². The molecule has 1 aromatic carbocycles. The number of ether oxygens (including phenoxy) is 1. The van der Waals surface area contributed by atoms with Gasteiger partial charge in [0.25, 0.3) is 0 Å². The first-order valence-electron chi connectivity index (χ1n) is 8.91. The number of carbonyl (C=O) groups excluding carboxylic acids is 1. The molecule has 0 radical (unpaired) electrons. The number of benzene rings is 1. The van der Waals surface area contributed by atoms with Crippen LogP contribution in [0.5, 0.6) is 0 Å². The summed E-state index contributed by atoms with van der Waals surface area (Å²) in [6, 6.07) is 7.98. The third-order valence-electron chi connectivity index (χ3n) is 4.68. The van der Waals surface area contributed by atoms with E-state index in [1.165, 1.54) is 12.1 Å². The molecule has 6 nitrogen and oxygen atoms in total. The molecule has 1 saturated heterocycles. The fraction of sp³-hybridized carbons (Fsp3) is 0.474. The number of rotatable bonds is 5. The van der Waals surface area contributed by atoms with Crippen LogP contribution in [0.3, 0.4) is 0 Å². The molecule has 1 aliphatic heterocycles. The van der Waals surface area contributed by atoms with Gasteiger partial charge in [-0.1, -0.05) is 12.1 Å². The van der Waals surface area contributed by atoms with Gasteiger partial charge in [-0.15, -0.1) is 0 Å². The van der Waals surface area contributed by atoms with Gasteiger partial charge in [0.15, 0.2) is 0 Å². The molecule has 1 fully saturated rings. The third-order valence-corrected chi connectivity index (χ3v) is 4.68. The molecule has 1 aliphatic rings. The van der Waals surface area contributed by atoms with E-state index in [-0.39, 0.29) is 29.9 Å². The minimum atomic E-state index is -0.308. The van der Waals surface area contributed by atoms with E-state index in [1.807, 2.05) is 20.8 Å². The van der Waals surface area contributed by atoms with Gasteiger partial charge in [0, 0.05) is 25.2 Å². The molecule has 140 valence electrons. The molecule has 1 aromatic heterocycles. The maximum atomic E-state index is 13.1. The molecule has 0 aliphatic carbocycles. The second-order valence-electron chi connectivity index (χ2n) is 6.83. The van der Waals surface area contributed by atoms with E-state index in [0.29, 0.717) is 25.5 Å². The minimum absolute atomic E-state index is 0.0767. The fourth-order valence-electron chi connectivity index (χ4n) is 3.12. The van der Waals surface area contributed by atoms with Crippen molar-refractivity contribution >= 4 is 11.7 Å². The van der Waals surface area contributed by atoms with Crippen LogP contribution in [0.4, 0.5) is 10.2 Å². The quantitative estimate of drug-likeness (QED) is 0.890. The minimum Gasteiger partial charge on any atom is -0.371 e. The van der Waals surface area contributed by atoms with Crippen molar-refractivity contribution < 1.29 is 13.9 Å². The van der Waals surface area contributed by atoms with E-state index in [9.17, 15) is 9.18 Å². The second kappa shape index (κ2) is 7.97. The van der Waals surface area contributed by atoms with Crippen LogP contribution in [-0.4, -0.2) is 46.3 Å². The number of halogens is 1. The number of nitrogens with one attached hydrogen (secondary N) is 1. The van der Waals surface area contributed by atoms with E-state index in [2.05, 4.69) is 15.3 Å². The van der Waals surface area contributed by atoms with Crippen LogP contribution in [0.1, 0.15) is 38.5 Å². The van der Waals surface area contributed by atoms with Crippen LogP contribution in [0.25, 0.3) is 0 Å². The molecule has 26 heavy (non-hydrogen) atoms. The summed E-state index contributed by atoms with van der Waals surface area (Å²) >= 11 is 0. The first-order valence-corrected chi connectivity index (χ1v) is 8.91. The average Bonchev–Trinajstić information content (AvgIpc) is 3.10. The standard InChI is InChI=1S/C19H25FN4O2/c1-13(2)24-18(8-9-21-24)22-19(25)14(3)23-10-11-26-17(12-23)15-4-6-16(20)7-5-15/h4-9,13-14,17H,10-12H2,1-3H3,(H,22,25). The number of anilines is 1. The summed E-state index contributed by atoms with van der Waals surface area (Å²) in [7, 11) is 0. The van der Waals surface area contributed by atoms with Crippen LogP contribution >= 0.6 is 0 Å². The predicted molar refractivity (Wildman–Crippen MR) is 97.4 cm³/mol. The Labute approximate surface area is 152 Å². The van der Waals surface area contributed by atoms with Crippen molar-refractivity contribution in [3.8, 4) is 0 Å². The molecule has 1 amide bonds.